The summed E-state index contributed by atoms with van der Waals surface area (Å²) in [5.41, 5.74) is 6.34. The van der Waals surface area contributed by atoms with Gasteiger partial charge >= 0.3 is 0 Å². The van der Waals surface area contributed by atoms with Crippen LogP contribution in [0.4, 0.5) is 11.4 Å². The van der Waals surface area contributed by atoms with Crippen molar-refractivity contribution in [2.75, 3.05) is 0 Å². The molecule has 1 aromatic heterocycles. The Bertz CT molecular complexity index is 677. The van der Waals surface area contributed by atoms with Gasteiger partial charge in [-0.3, -0.25) is 10.3 Å². The van der Waals surface area contributed by atoms with Crippen molar-refractivity contribution >= 4 is 28.7 Å². The van der Waals surface area contributed by atoms with E-state index in [9.17, 15) is 0 Å². The summed E-state index contributed by atoms with van der Waals surface area (Å²) < 4.78 is 2.27. The van der Waals surface area contributed by atoms with Crippen LogP contribution < -0.4 is 0 Å². The number of aromatic nitrogens is 2. The van der Waals surface area contributed by atoms with E-state index in [-0.39, 0.29) is 0 Å². The molecule has 2 aromatic rings. The van der Waals surface area contributed by atoms with E-state index in [0.717, 1.165) is 33.8 Å². The zero-order chi connectivity index (χ0) is 13.0. The largest absolute Gasteiger partial charge is 0.324 e. The van der Waals surface area contributed by atoms with Crippen molar-refractivity contribution in [3.8, 4) is 0 Å². The van der Waals surface area contributed by atoms with Crippen LogP contribution >= 0.6 is 0 Å². The molecule has 0 saturated carbocycles. The van der Waals surface area contributed by atoms with Gasteiger partial charge in [0.05, 0.1) is 16.6 Å². The van der Waals surface area contributed by atoms with Gasteiger partial charge in [-0.1, -0.05) is 0 Å². The highest BCUT2D eigenvalue weighted by Crippen LogP contribution is 2.46. The highest BCUT2D eigenvalue weighted by molar-refractivity contribution is 6.06. The Morgan fingerprint density at radius 1 is 1.17 bits per heavy atom. The lowest BCUT2D eigenvalue weighted by Crippen LogP contribution is -2.03. The number of nitrogens with zero attached hydrogens (tertiary/aromatic N) is 4. The molecule has 0 fully saturated rings. The fourth-order valence-corrected chi connectivity index (χ4v) is 2.77. The van der Waals surface area contributed by atoms with E-state index in [1.165, 1.54) is 5.52 Å². The molecule has 3 rings (SSSR count). The van der Waals surface area contributed by atoms with Crippen molar-refractivity contribution in [2.45, 2.75) is 40.7 Å². The average molecular weight is 240 g/mol. The second kappa shape index (κ2) is 3.53. The van der Waals surface area contributed by atoms with Crippen molar-refractivity contribution < 1.29 is 0 Å². The molecule has 0 bridgehead atoms. The normalized spacial score (nSPS) is 13.0. The maximum atomic E-state index is 4.71. The third-order valence-corrected chi connectivity index (χ3v) is 3.57. The second-order valence-electron chi connectivity index (χ2n) is 5.09. The number of aryl methyl sites for hydroxylation is 3. The number of benzene rings is 1. The summed E-state index contributed by atoms with van der Waals surface area (Å²) in [5, 5.41) is 4.26. The molecule has 1 aromatic carbocycles. The molecule has 0 unspecified atom stereocenters. The van der Waals surface area contributed by atoms with Gasteiger partial charge in [-0.05, 0) is 34.6 Å². The molecular formula is C14H16N4. The summed E-state index contributed by atoms with van der Waals surface area (Å²) in [6.07, 6.45) is 2.71. The third kappa shape index (κ3) is 1.24. The number of hydrogen-bond acceptors (Lipinski definition) is 2. The Labute approximate surface area is 107 Å². The van der Waals surface area contributed by atoms with E-state index in [4.69, 9.17) is 4.98 Å². The molecule has 0 saturated heterocycles. The van der Waals surface area contributed by atoms with Gasteiger partial charge in [-0.25, -0.2) is 4.98 Å². The van der Waals surface area contributed by atoms with Gasteiger partial charge < -0.3 is 4.57 Å². The van der Waals surface area contributed by atoms with E-state index in [2.05, 4.69) is 55.8 Å². The van der Waals surface area contributed by atoms with Gasteiger partial charge in [0.25, 0.3) is 0 Å². The Balaban J connectivity index is 2.50. The van der Waals surface area contributed by atoms with Gasteiger partial charge in [0.1, 0.15) is 22.7 Å². The molecule has 1 aliphatic heterocycles. The highest BCUT2D eigenvalue weighted by Gasteiger charge is 2.24. The molecule has 4 nitrogen and oxygen atoms in total. The molecule has 0 aliphatic carbocycles. The van der Waals surface area contributed by atoms with Crippen LogP contribution in [0.1, 0.15) is 36.8 Å². The predicted molar refractivity (Wildman–Crippen MR) is 74.4 cm³/mol. The molecule has 2 heterocycles. The van der Waals surface area contributed by atoms with Crippen LogP contribution in [-0.2, 0) is 0 Å². The number of fused-ring (bicyclic) bond motifs is 2. The van der Waals surface area contributed by atoms with E-state index in [0.29, 0.717) is 6.04 Å². The molecule has 4 heteroatoms. The average Bonchev–Trinajstić information content (AvgIpc) is 2.89. The van der Waals surface area contributed by atoms with Gasteiger partial charge in [0.15, 0.2) is 0 Å². The molecule has 0 atom stereocenters. The molecule has 0 amide bonds. The van der Waals surface area contributed by atoms with Crippen molar-refractivity contribution in [1.29, 1.82) is 0 Å². The van der Waals surface area contributed by atoms with Gasteiger partial charge in [0.2, 0.25) is 0 Å². The van der Waals surface area contributed by atoms with Crippen molar-refractivity contribution in [3.05, 3.63) is 22.3 Å². The molecular weight excluding hydrogens is 224 g/mol. The van der Waals surface area contributed by atoms with Crippen LogP contribution in [-0.4, -0.2) is 15.9 Å². The first-order valence-electron chi connectivity index (χ1n) is 6.20. The van der Waals surface area contributed by atoms with E-state index in [1.54, 1.807) is 0 Å². The maximum absolute atomic E-state index is 4.71. The van der Waals surface area contributed by atoms with Crippen LogP contribution in [0.2, 0.25) is 0 Å². The van der Waals surface area contributed by atoms with Crippen LogP contribution in [0.25, 0.3) is 16.4 Å². The molecule has 0 spiro atoms. The maximum Gasteiger partial charge on any atom is 0.130 e. The summed E-state index contributed by atoms with van der Waals surface area (Å²) in [6.45, 7) is 10.6. The van der Waals surface area contributed by atoms with Gasteiger partial charge in [-0.2, -0.15) is 0 Å². The van der Waals surface area contributed by atoms with Crippen LogP contribution in [0, 0.1) is 20.8 Å². The second-order valence-corrected chi connectivity index (χ2v) is 5.09. The van der Waals surface area contributed by atoms with Crippen LogP contribution in [0.15, 0.2) is 4.99 Å². The predicted octanol–water partition coefficient (Wildman–Crippen LogP) is 4.10. The fraction of sp³-hybridized carbons (Fsp3) is 0.429. The Kier molecular flexibility index (Phi) is 2.19. The minimum Gasteiger partial charge on any atom is -0.324 e. The SMILES string of the molecule is Cc1c2c(c(C)c3c1nc(C)n3C(C)C)[N-][C+]=N2. The minimum atomic E-state index is 0.387. The molecule has 1 aliphatic rings. The quantitative estimate of drug-likeness (QED) is 0.692. The lowest BCUT2D eigenvalue weighted by Gasteiger charge is -2.13. The van der Waals surface area contributed by atoms with Crippen molar-refractivity contribution in [3.63, 3.8) is 0 Å². The molecule has 0 radical (unpaired) electrons. The smallest absolute Gasteiger partial charge is 0.130 e. The molecule has 0 N–H and O–H groups in total. The van der Waals surface area contributed by atoms with Crippen LogP contribution in [0.3, 0.4) is 0 Å². The monoisotopic (exact) mass is 240 g/mol. The first-order chi connectivity index (χ1) is 8.52. The summed E-state index contributed by atoms with van der Waals surface area (Å²) >= 11 is 0. The van der Waals surface area contributed by atoms with Gasteiger partial charge in [0, 0.05) is 12.4 Å². The lowest BCUT2D eigenvalue weighted by molar-refractivity contribution is 0.599. The molecule has 18 heavy (non-hydrogen) atoms. The number of hydrogen-bond donors (Lipinski definition) is 0. The summed E-state index contributed by atoms with van der Waals surface area (Å²) in [6, 6.07) is 0.387. The Hall–Kier alpha value is -1.93. The number of aliphatic imine (C=N–C) groups is 1. The zero-order valence-electron chi connectivity index (χ0n) is 11.4. The summed E-state index contributed by atoms with van der Waals surface area (Å²) in [4.78, 5) is 8.93. The van der Waals surface area contributed by atoms with E-state index in [1.807, 2.05) is 0 Å². The lowest BCUT2D eigenvalue weighted by atomic mass is 10.0. The third-order valence-electron chi connectivity index (χ3n) is 3.57. The van der Waals surface area contributed by atoms with E-state index < -0.39 is 0 Å². The Morgan fingerprint density at radius 3 is 2.56 bits per heavy atom. The standard InChI is InChI=1S/C14H16N4/c1-7(2)18-10(5)17-13-8(3)11-12(16-6-15-11)9(4)14(13)18/h7H,1-5H3. The number of imidazole rings is 1. The number of rotatable bonds is 1. The molecule has 92 valence electrons. The van der Waals surface area contributed by atoms with Gasteiger partial charge in [-0.15, -0.1) is 0 Å². The summed E-state index contributed by atoms with van der Waals surface area (Å²) in [5.74, 6) is 1.04. The zero-order valence-corrected chi connectivity index (χ0v) is 11.4. The topological polar surface area (TPSA) is 44.3 Å². The van der Waals surface area contributed by atoms with E-state index >= 15 is 0 Å². The first-order valence-corrected chi connectivity index (χ1v) is 6.20. The minimum absolute atomic E-state index is 0.387. The van der Waals surface area contributed by atoms with Crippen molar-refractivity contribution in [1.82, 2.24) is 9.55 Å². The van der Waals surface area contributed by atoms with Crippen molar-refractivity contribution in [2.24, 2.45) is 4.99 Å². The summed E-state index contributed by atoms with van der Waals surface area (Å²) in [7, 11) is 0. The fourth-order valence-electron chi connectivity index (χ4n) is 2.77. The highest BCUT2D eigenvalue weighted by atomic mass is 15.1. The first kappa shape index (κ1) is 11.2. The Morgan fingerprint density at radius 2 is 1.89 bits per heavy atom. The van der Waals surface area contributed by atoms with Crippen LogP contribution in [0.5, 0.6) is 0 Å².